The van der Waals surface area contributed by atoms with Crippen molar-refractivity contribution in [3.8, 4) is 17.1 Å². The van der Waals surface area contributed by atoms with Gasteiger partial charge in [-0.15, -0.1) is 5.10 Å². The Morgan fingerprint density at radius 3 is 2.59 bits per heavy atom. The molecular formula is C22H20N6O. The maximum Gasteiger partial charge on any atom is 0.182 e. The molecule has 5 aromatic rings. The van der Waals surface area contributed by atoms with Crippen LogP contribution in [0.1, 0.15) is 16.8 Å². The van der Waals surface area contributed by atoms with Crippen LogP contribution in [0.4, 0.5) is 0 Å². The minimum absolute atomic E-state index is 0.666. The van der Waals surface area contributed by atoms with Gasteiger partial charge in [0.05, 0.1) is 19.0 Å². The number of ether oxygens (including phenoxy) is 1. The molecule has 0 aliphatic rings. The summed E-state index contributed by atoms with van der Waals surface area (Å²) in [6.07, 6.45) is 5.41. The zero-order valence-electron chi connectivity index (χ0n) is 16.5. The van der Waals surface area contributed by atoms with Crippen molar-refractivity contribution < 1.29 is 4.74 Å². The summed E-state index contributed by atoms with van der Waals surface area (Å²) in [7, 11) is 1.65. The Labute approximate surface area is 167 Å². The molecule has 0 aliphatic carbocycles. The van der Waals surface area contributed by atoms with Crippen molar-refractivity contribution in [1.82, 2.24) is 29.1 Å². The van der Waals surface area contributed by atoms with Gasteiger partial charge in [-0.3, -0.25) is 4.98 Å². The second-order valence-electron chi connectivity index (χ2n) is 7.03. The molecule has 0 N–H and O–H groups in total. The molecule has 0 saturated carbocycles. The molecule has 7 heteroatoms. The fourth-order valence-corrected chi connectivity index (χ4v) is 3.66. The number of fused-ring (bicyclic) bond motifs is 3. The summed E-state index contributed by atoms with van der Waals surface area (Å²) in [6.45, 7) is 4.94. The number of hydrogen-bond donors (Lipinski definition) is 0. The standard InChI is InChI=1S/C22H20N6O/c1-14-15(2)27(12-16-5-4-10-23-11-16)21-19(14)22-25-20(26-28(22)13-24-21)17-6-8-18(29-3)9-7-17/h4-11,13H,12H2,1-3H3. The molecule has 0 unspecified atom stereocenters. The number of hydrogen-bond acceptors (Lipinski definition) is 5. The van der Waals surface area contributed by atoms with Crippen LogP contribution in [0.5, 0.6) is 5.75 Å². The summed E-state index contributed by atoms with van der Waals surface area (Å²) in [5, 5.41) is 5.66. The number of benzene rings is 1. The molecular weight excluding hydrogens is 364 g/mol. The lowest BCUT2D eigenvalue weighted by molar-refractivity contribution is 0.415. The number of aromatic nitrogens is 6. The van der Waals surface area contributed by atoms with Crippen molar-refractivity contribution in [2.24, 2.45) is 0 Å². The largest absolute Gasteiger partial charge is 0.497 e. The summed E-state index contributed by atoms with van der Waals surface area (Å²) < 4.78 is 9.20. The van der Waals surface area contributed by atoms with Crippen LogP contribution in [-0.4, -0.2) is 36.2 Å². The number of pyridine rings is 1. The quantitative estimate of drug-likeness (QED) is 0.471. The number of aryl methyl sites for hydroxylation is 1. The van der Waals surface area contributed by atoms with Crippen molar-refractivity contribution >= 4 is 16.7 Å². The van der Waals surface area contributed by atoms with Crippen LogP contribution in [-0.2, 0) is 6.54 Å². The van der Waals surface area contributed by atoms with Gasteiger partial charge >= 0.3 is 0 Å². The van der Waals surface area contributed by atoms with E-state index >= 15 is 0 Å². The SMILES string of the molecule is COc1ccc(-c2nc3c4c(C)c(C)n(Cc5cccnc5)c4ncn3n2)cc1. The maximum absolute atomic E-state index is 5.24. The molecule has 5 rings (SSSR count). The average Bonchev–Trinajstić information content (AvgIpc) is 3.30. The highest BCUT2D eigenvalue weighted by atomic mass is 16.5. The molecule has 29 heavy (non-hydrogen) atoms. The summed E-state index contributed by atoms with van der Waals surface area (Å²) >= 11 is 0. The smallest absolute Gasteiger partial charge is 0.182 e. The lowest BCUT2D eigenvalue weighted by Gasteiger charge is -2.07. The molecule has 0 saturated heterocycles. The molecule has 0 spiro atoms. The second-order valence-corrected chi connectivity index (χ2v) is 7.03. The van der Waals surface area contributed by atoms with E-state index in [4.69, 9.17) is 14.7 Å². The van der Waals surface area contributed by atoms with Crippen molar-refractivity contribution in [1.29, 1.82) is 0 Å². The first-order valence-electron chi connectivity index (χ1n) is 9.40. The zero-order chi connectivity index (χ0) is 20.0. The first-order chi connectivity index (χ1) is 14.2. The van der Waals surface area contributed by atoms with Gasteiger partial charge in [-0.1, -0.05) is 6.07 Å². The third-order valence-corrected chi connectivity index (χ3v) is 5.36. The molecule has 0 amide bonds. The third kappa shape index (κ3) is 2.82. The van der Waals surface area contributed by atoms with Crippen LogP contribution >= 0.6 is 0 Å². The number of rotatable bonds is 4. The van der Waals surface area contributed by atoms with E-state index in [2.05, 4.69) is 34.6 Å². The minimum atomic E-state index is 0.666. The Kier molecular flexibility index (Phi) is 4.01. The van der Waals surface area contributed by atoms with Crippen molar-refractivity contribution in [3.05, 3.63) is 71.9 Å². The van der Waals surface area contributed by atoms with Gasteiger partial charge in [-0.05, 0) is 55.3 Å². The maximum atomic E-state index is 5.24. The van der Waals surface area contributed by atoms with E-state index in [0.717, 1.165) is 39.1 Å². The highest BCUT2D eigenvalue weighted by molar-refractivity contribution is 5.94. The Morgan fingerprint density at radius 2 is 1.86 bits per heavy atom. The second kappa shape index (κ2) is 6.70. The van der Waals surface area contributed by atoms with Crippen LogP contribution in [0.25, 0.3) is 28.1 Å². The van der Waals surface area contributed by atoms with E-state index in [-0.39, 0.29) is 0 Å². The highest BCUT2D eigenvalue weighted by Gasteiger charge is 2.18. The van der Waals surface area contributed by atoms with E-state index in [1.165, 1.54) is 5.69 Å². The molecule has 144 valence electrons. The van der Waals surface area contributed by atoms with Crippen LogP contribution in [0.2, 0.25) is 0 Å². The van der Waals surface area contributed by atoms with E-state index in [1.54, 1.807) is 24.1 Å². The van der Waals surface area contributed by atoms with Gasteiger partial charge in [0, 0.05) is 23.7 Å². The lowest BCUT2D eigenvalue weighted by atomic mass is 10.2. The van der Waals surface area contributed by atoms with Crippen LogP contribution in [0.3, 0.4) is 0 Å². The summed E-state index contributed by atoms with van der Waals surface area (Å²) in [4.78, 5) is 13.8. The fourth-order valence-electron chi connectivity index (χ4n) is 3.66. The Morgan fingerprint density at radius 1 is 1.03 bits per heavy atom. The van der Waals surface area contributed by atoms with Crippen molar-refractivity contribution in [3.63, 3.8) is 0 Å². The van der Waals surface area contributed by atoms with Gasteiger partial charge in [0.15, 0.2) is 11.5 Å². The monoisotopic (exact) mass is 384 g/mol. The average molecular weight is 384 g/mol. The molecule has 4 aromatic heterocycles. The summed E-state index contributed by atoms with van der Waals surface area (Å²) in [6, 6.07) is 11.8. The molecule has 0 fully saturated rings. The van der Waals surface area contributed by atoms with Crippen molar-refractivity contribution in [2.75, 3.05) is 7.11 Å². The van der Waals surface area contributed by atoms with Gasteiger partial charge in [0.1, 0.15) is 17.7 Å². The number of methoxy groups -OCH3 is 1. The Bertz CT molecular complexity index is 1320. The topological polar surface area (TPSA) is 70.1 Å². The predicted octanol–water partition coefficient (Wildman–Crippen LogP) is 3.81. The molecule has 7 nitrogen and oxygen atoms in total. The Hall–Kier alpha value is -3.74. The molecule has 0 aliphatic heterocycles. The summed E-state index contributed by atoms with van der Waals surface area (Å²) in [5.74, 6) is 1.47. The normalized spacial score (nSPS) is 11.4. The molecule has 0 bridgehead atoms. The first-order valence-corrected chi connectivity index (χ1v) is 9.40. The third-order valence-electron chi connectivity index (χ3n) is 5.36. The van der Waals surface area contributed by atoms with E-state index < -0.39 is 0 Å². The van der Waals surface area contributed by atoms with Gasteiger partial charge in [0.25, 0.3) is 0 Å². The Balaban J connectivity index is 1.66. The fraction of sp³-hybridized carbons (Fsp3) is 0.182. The highest BCUT2D eigenvalue weighted by Crippen LogP contribution is 2.29. The molecule has 0 radical (unpaired) electrons. The van der Waals surface area contributed by atoms with Crippen LogP contribution in [0.15, 0.2) is 55.1 Å². The molecule has 0 atom stereocenters. The first kappa shape index (κ1) is 17.4. The van der Waals surface area contributed by atoms with Gasteiger partial charge in [0.2, 0.25) is 0 Å². The van der Waals surface area contributed by atoms with Gasteiger partial charge in [-0.25, -0.2) is 14.5 Å². The van der Waals surface area contributed by atoms with Crippen LogP contribution in [0, 0.1) is 13.8 Å². The molecule has 1 aromatic carbocycles. The van der Waals surface area contributed by atoms with Crippen molar-refractivity contribution in [2.45, 2.75) is 20.4 Å². The summed E-state index contributed by atoms with van der Waals surface area (Å²) in [5.41, 5.74) is 6.12. The molecule has 4 heterocycles. The number of nitrogens with zero attached hydrogens (tertiary/aromatic N) is 6. The van der Waals surface area contributed by atoms with Gasteiger partial charge in [-0.2, -0.15) is 0 Å². The predicted molar refractivity (Wildman–Crippen MR) is 111 cm³/mol. The van der Waals surface area contributed by atoms with E-state index in [1.807, 2.05) is 36.5 Å². The van der Waals surface area contributed by atoms with Gasteiger partial charge < -0.3 is 9.30 Å². The van der Waals surface area contributed by atoms with E-state index in [0.29, 0.717) is 12.4 Å². The van der Waals surface area contributed by atoms with E-state index in [9.17, 15) is 0 Å². The zero-order valence-corrected chi connectivity index (χ0v) is 16.5. The minimum Gasteiger partial charge on any atom is -0.497 e. The van der Waals surface area contributed by atoms with Crippen LogP contribution < -0.4 is 4.74 Å². The lowest BCUT2D eigenvalue weighted by Crippen LogP contribution is -2.03.